The third kappa shape index (κ3) is 4.06. The maximum absolute atomic E-state index is 12.4. The average molecular weight is 471 g/mol. The number of benzene rings is 1. The van der Waals surface area contributed by atoms with Crippen molar-refractivity contribution in [3.05, 3.63) is 65.7 Å². The Morgan fingerprint density at radius 2 is 2.09 bits per heavy atom. The minimum atomic E-state index is -0.165. The van der Waals surface area contributed by atoms with Gasteiger partial charge in [-0.2, -0.15) is 4.52 Å². The zero-order chi connectivity index (χ0) is 23.8. The van der Waals surface area contributed by atoms with E-state index >= 15 is 0 Å². The summed E-state index contributed by atoms with van der Waals surface area (Å²) in [7, 11) is 0. The van der Waals surface area contributed by atoms with Gasteiger partial charge in [-0.15, -0.1) is 15.3 Å². The zero-order valence-corrected chi connectivity index (χ0v) is 18.8. The van der Waals surface area contributed by atoms with Gasteiger partial charge in [-0.05, 0) is 31.5 Å². The predicted molar refractivity (Wildman–Crippen MR) is 124 cm³/mol. The largest absolute Gasteiger partial charge is 0.470 e. The highest BCUT2D eigenvalue weighted by Crippen LogP contribution is 2.29. The van der Waals surface area contributed by atoms with Gasteiger partial charge in [0.15, 0.2) is 11.3 Å². The second kappa shape index (κ2) is 8.76. The van der Waals surface area contributed by atoms with E-state index in [1.807, 2.05) is 31.2 Å². The number of carbonyl (C=O) groups excluding carboxylic acids is 1. The molecule has 1 fully saturated rings. The fraction of sp³-hybridized carbons (Fsp3) is 0.250. The van der Waals surface area contributed by atoms with Crippen molar-refractivity contribution in [1.82, 2.24) is 35.3 Å². The van der Waals surface area contributed by atoms with Gasteiger partial charge >= 0.3 is 0 Å². The number of aryl methyl sites for hydroxylation is 1. The first kappa shape index (κ1) is 21.2. The van der Waals surface area contributed by atoms with Gasteiger partial charge in [0.2, 0.25) is 11.7 Å². The average Bonchev–Trinajstić information content (AvgIpc) is 3.64. The fourth-order valence-corrected chi connectivity index (χ4v) is 3.99. The number of rotatable bonds is 6. The van der Waals surface area contributed by atoms with Gasteiger partial charge in [-0.25, -0.2) is 0 Å². The molecule has 176 valence electrons. The van der Waals surface area contributed by atoms with Crippen LogP contribution in [0, 0.1) is 6.92 Å². The number of nitrogens with one attached hydrogen (secondary N) is 1. The number of hydrogen-bond acceptors (Lipinski definition) is 9. The summed E-state index contributed by atoms with van der Waals surface area (Å²) in [5.74, 6) is 1.35. The minimum absolute atomic E-state index is 0.0449. The van der Waals surface area contributed by atoms with E-state index in [4.69, 9.17) is 14.0 Å². The standard InChI is InChI=1S/C24H21N7O4/c1-14-10-20(30-35-14)22-28-27-21-18-4-2-3-5-19(18)24(29-31(21)22)34-13-16-7-6-15(11-25-16)23(32)26-17-8-9-33-12-17/h2-7,10-11,17H,8-9,12-13H2,1H3,(H,26,32). The van der Waals surface area contributed by atoms with Crippen LogP contribution in [-0.4, -0.2) is 55.1 Å². The molecule has 11 nitrogen and oxygen atoms in total. The Labute approximate surface area is 199 Å². The van der Waals surface area contributed by atoms with Crippen molar-refractivity contribution in [2.24, 2.45) is 0 Å². The van der Waals surface area contributed by atoms with E-state index in [1.165, 1.54) is 0 Å². The highest BCUT2D eigenvalue weighted by Gasteiger charge is 2.20. The van der Waals surface area contributed by atoms with Crippen molar-refractivity contribution < 1.29 is 18.8 Å². The van der Waals surface area contributed by atoms with Crippen LogP contribution in [0.25, 0.3) is 27.9 Å². The quantitative estimate of drug-likeness (QED) is 0.397. The molecule has 5 heterocycles. The number of amides is 1. The third-order valence-electron chi connectivity index (χ3n) is 5.80. The van der Waals surface area contributed by atoms with Crippen LogP contribution in [0.15, 0.2) is 53.2 Å². The van der Waals surface area contributed by atoms with E-state index in [0.717, 1.165) is 17.2 Å². The summed E-state index contributed by atoms with van der Waals surface area (Å²) >= 11 is 0. The summed E-state index contributed by atoms with van der Waals surface area (Å²) in [5, 5.41) is 21.9. The third-order valence-corrected chi connectivity index (χ3v) is 5.80. The van der Waals surface area contributed by atoms with Gasteiger partial charge in [0.1, 0.15) is 12.4 Å². The Bertz CT molecular complexity index is 1520. The molecule has 35 heavy (non-hydrogen) atoms. The number of nitrogens with zero attached hydrogens (tertiary/aromatic N) is 6. The van der Waals surface area contributed by atoms with Gasteiger partial charge < -0.3 is 19.3 Å². The molecule has 0 aliphatic carbocycles. The summed E-state index contributed by atoms with van der Waals surface area (Å²) in [6.07, 6.45) is 2.37. The van der Waals surface area contributed by atoms with Crippen LogP contribution in [0.4, 0.5) is 0 Å². The predicted octanol–water partition coefficient (Wildman–Crippen LogP) is 2.73. The van der Waals surface area contributed by atoms with E-state index < -0.39 is 0 Å². The van der Waals surface area contributed by atoms with Gasteiger partial charge in [-0.1, -0.05) is 23.4 Å². The van der Waals surface area contributed by atoms with Crippen molar-refractivity contribution in [1.29, 1.82) is 0 Å². The first-order valence-electron chi connectivity index (χ1n) is 11.2. The van der Waals surface area contributed by atoms with Gasteiger partial charge in [0.25, 0.3) is 5.91 Å². The molecule has 0 spiro atoms. The normalized spacial score (nSPS) is 15.6. The molecule has 11 heteroatoms. The van der Waals surface area contributed by atoms with Crippen LogP contribution in [0.3, 0.4) is 0 Å². The monoisotopic (exact) mass is 471 g/mol. The maximum atomic E-state index is 12.4. The van der Waals surface area contributed by atoms with Gasteiger partial charge in [-0.3, -0.25) is 9.78 Å². The lowest BCUT2D eigenvalue weighted by Gasteiger charge is -2.11. The second-order valence-corrected chi connectivity index (χ2v) is 8.29. The zero-order valence-electron chi connectivity index (χ0n) is 18.8. The summed E-state index contributed by atoms with van der Waals surface area (Å²) < 4.78 is 18.2. The lowest BCUT2D eigenvalue weighted by molar-refractivity contribution is 0.0929. The molecule has 5 aromatic rings. The van der Waals surface area contributed by atoms with Crippen LogP contribution in [-0.2, 0) is 11.3 Å². The van der Waals surface area contributed by atoms with E-state index in [-0.39, 0.29) is 18.6 Å². The molecule has 0 radical (unpaired) electrons. The van der Waals surface area contributed by atoms with Crippen molar-refractivity contribution in [3.63, 3.8) is 0 Å². The first-order valence-corrected chi connectivity index (χ1v) is 11.2. The van der Waals surface area contributed by atoms with Crippen LogP contribution in [0.5, 0.6) is 5.88 Å². The Morgan fingerprint density at radius 1 is 1.20 bits per heavy atom. The molecular weight excluding hydrogens is 450 g/mol. The molecule has 1 unspecified atom stereocenters. The molecule has 1 aliphatic heterocycles. The van der Waals surface area contributed by atoms with Crippen molar-refractivity contribution in [3.8, 4) is 17.4 Å². The second-order valence-electron chi connectivity index (χ2n) is 8.29. The van der Waals surface area contributed by atoms with Crippen molar-refractivity contribution >= 4 is 22.3 Å². The van der Waals surface area contributed by atoms with E-state index in [2.05, 4.69) is 30.8 Å². The Hall–Kier alpha value is -4.38. The number of ether oxygens (including phenoxy) is 2. The Kier molecular flexibility index (Phi) is 5.30. The van der Waals surface area contributed by atoms with Crippen LogP contribution < -0.4 is 10.1 Å². The topological polar surface area (TPSA) is 130 Å². The molecule has 1 aromatic carbocycles. The van der Waals surface area contributed by atoms with E-state index in [0.29, 0.717) is 53.3 Å². The molecular formula is C24H21N7O4. The van der Waals surface area contributed by atoms with Crippen molar-refractivity contribution in [2.45, 2.75) is 26.0 Å². The molecule has 0 bridgehead atoms. The highest BCUT2D eigenvalue weighted by molar-refractivity contribution is 5.97. The molecule has 1 amide bonds. The minimum Gasteiger partial charge on any atom is -0.470 e. The first-order chi connectivity index (χ1) is 17.2. The Balaban J connectivity index is 1.26. The lowest BCUT2D eigenvalue weighted by atomic mass is 10.2. The summed E-state index contributed by atoms with van der Waals surface area (Å²) in [4.78, 5) is 16.8. The van der Waals surface area contributed by atoms with Crippen LogP contribution in [0.2, 0.25) is 0 Å². The summed E-state index contributed by atoms with van der Waals surface area (Å²) in [5.41, 5.74) is 2.27. The molecule has 1 atom stereocenters. The molecule has 1 saturated heterocycles. The molecule has 4 aromatic heterocycles. The number of hydrogen-bond donors (Lipinski definition) is 1. The van der Waals surface area contributed by atoms with Crippen LogP contribution >= 0.6 is 0 Å². The summed E-state index contributed by atoms with van der Waals surface area (Å²) in [6.45, 7) is 3.19. The molecule has 1 N–H and O–H groups in total. The SMILES string of the molecule is Cc1cc(-c2nnc3c4ccccc4c(OCc4ccc(C(=O)NC5CCOC5)cn4)nn23)no1. The number of carbonyl (C=O) groups is 1. The summed E-state index contributed by atoms with van der Waals surface area (Å²) in [6, 6.07) is 13.0. The Morgan fingerprint density at radius 3 is 2.83 bits per heavy atom. The van der Waals surface area contributed by atoms with E-state index in [1.54, 1.807) is 28.9 Å². The highest BCUT2D eigenvalue weighted by atomic mass is 16.5. The molecule has 6 rings (SSSR count). The molecule has 0 saturated carbocycles. The maximum Gasteiger partial charge on any atom is 0.253 e. The number of fused-ring (bicyclic) bond motifs is 3. The molecule has 1 aliphatic rings. The smallest absolute Gasteiger partial charge is 0.253 e. The number of pyridine rings is 1. The lowest BCUT2D eigenvalue weighted by Crippen LogP contribution is -2.35. The number of aromatic nitrogens is 6. The van der Waals surface area contributed by atoms with Crippen molar-refractivity contribution in [2.75, 3.05) is 13.2 Å². The van der Waals surface area contributed by atoms with Crippen LogP contribution in [0.1, 0.15) is 28.2 Å². The van der Waals surface area contributed by atoms with Gasteiger partial charge in [0, 0.05) is 29.6 Å². The van der Waals surface area contributed by atoms with E-state index in [9.17, 15) is 4.79 Å². The fourth-order valence-electron chi connectivity index (χ4n) is 3.99. The van der Waals surface area contributed by atoms with Gasteiger partial charge in [0.05, 0.1) is 23.9 Å².